The molecule has 1 fully saturated rings. The van der Waals surface area contributed by atoms with Gasteiger partial charge in [0.1, 0.15) is 0 Å². The van der Waals surface area contributed by atoms with E-state index in [0.717, 1.165) is 11.2 Å². The van der Waals surface area contributed by atoms with Crippen LogP contribution in [0, 0.1) is 11.3 Å². The Balaban J connectivity index is 2.23. The first-order valence-corrected chi connectivity index (χ1v) is 6.82. The zero-order valence-corrected chi connectivity index (χ0v) is 13.0. The fraction of sp³-hybridized carbons (Fsp3) is 0.600. The summed E-state index contributed by atoms with van der Waals surface area (Å²) < 4.78 is 11.9. The van der Waals surface area contributed by atoms with E-state index < -0.39 is 12.5 Å². The first kappa shape index (κ1) is 15.0. The summed E-state index contributed by atoms with van der Waals surface area (Å²) in [4.78, 5) is 4.38. The van der Waals surface area contributed by atoms with Crippen LogP contribution in [0.15, 0.2) is 18.3 Å². The molecule has 106 valence electrons. The Bertz CT molecular complexity index is 528. The van der Waals surface area contributed by atoms with Crippen molar-refractivity contribution in [2.45, 2.75) is 58.2 Å². The summed E-state index contributed by atoms with van der Waals surface area (Å²) in [6, 6.07) is 6.03. The second-order valence-electron chi connectivity index (χ2n) is 6.80. The molecule has 4 nitrogen and oxygen atoms in total. The van der Waals surface area contributed by atoms with Crippen LogP contribution in [-0.4, -0.2) is 23.3 Å². The molecule has 0 atom stereocenters. The van der Waals surface area contributed by atoms with Crippen molar-refractivity contribution in [3.63, 3.8) is 0 Å². The van der Waals surface area contributed by atoms with Crippen LogP contribution in [0.25, 0.3) is 0 Å². The van der Waals surface area contributed by atoms with Gasteiger partial charge in [0, 0.05) is 11.7 Å². The fourth-order valence-corrected chi connectivity index (χ4v) is 1.95. The van der Waals surface area contributed by atoms with Crippen LogP contribution in [0.2, 0.25) is 0 Å². The minimum Gasteiger partial charge on any atom is -0.399 e. The van der Waals surface area contributed by atoms with Gasteiger partial charge in [0.05, 0.1) is 28.4 Å². The molecule has 1 aliphatic heterocycles. The first-order chi connectivity index (χ1) is 9.09. The summed E-state index contributed by atoms with van der Waals surface area (Å²) in [7, 11) is -0.410. The number of hydrogen-bond donors (Lipinski definition) is 0. The number of nitriles is 1. The van der Waals surface area contributed by atoms with Gasteiger partial charge in [-0.3, -0.25) is 4.98 Å². The summed E-state index contributed by atoms with van der Waals surface area (Å²) in [5.74, 6) is 0. The molecule has 0 aromatic carbocycles. The van der Waals surface area contributed by atoms with E-state index in [1.165, 1.54) is 0 Å². The summed E-state index contributed by atoms with van der Waals surface area (Å²) >= 11 is 0. The molecule has 0 spiro atoms. The minimum absolute atomic E-state index is 0.359. The van der Waals surface area contributed by atoms with Crippen LogP contribution in [0.4, 0.5) is 0 Å². The fourth-order valence-electron chi connectivity index (χ4n) is 1.95. The summed E-state index contributed by atoms with van der Waals surface area (Å²) in [5, 5.41) is 9.13. The largest absolute Gasteiger partial charge is 0.496 e. The molecule has 0 aliphatic carbocycles. The van der Waals surface area contributed by atoms with E-state index in [1.54, 1.807) is 6.20 Å². The van der Waals surface area contributed by atoms with Crippen molar-refractivity contribution in [3.05, 3.63) is 24.0 Å². The lowest BCUT2D eigenvalue weighted by Crippen LogP contribution is -2.41. The molecule has 20 heavy (non-hydrogen) atoms. The zero-order valence-electron chi connectivity index (χ0n) is 13.0. The van der Waals surface area contributed by atoms with Crippen molar-refractivity contribution in [3.8, 4) is 6.07 Å². The molecule has 0 N–H and O–H groups in total. The molecule has 1 aromatic heterocycles. The van der Waals surface area contributed by atoms with Crippen LogP contribution in [0.5, 0.6) is 0 Å². The highest BCUT2D eigenvalue weighted by Gasteiger charge is 2.51. The molecule has 0 unspecified atom stereocenters. The van der Waals surface area contributed by atoms with Gasteiger partial charge in [-0.15, -0.1) is 0 Å². The maximum Gasteiger partial charge on any atom is 0.496 e. The Labute approximate surface area is 121 Å². The summed E-state index contributed by atoms with van der Waals surface area (Å²) in [6.45, 7) is 11.8. The molecule has 2 heterocycles. The van der Waals surface area contributed by atoms with E-state index in [-0.39, 0.29) is 11.2 Å². The van der Waals surface area contributed by atoms with E-state index in [4.69, 9.17) is 14.6 Å². The maximum absolute atomic E-state index is 9.13. The Hall–Kier alpha value is -1.38. The smallest absolute Gasteiger partial charge is 0.399 e. The highest BCUT2D eigenvalue weighted by Crippen LogP contribution is 2.36. The Morgan fingerprint density at radius 2 is 1.70 bits per heavy atom. The van der Waals surface area contributed by atoms with Crippen LogP contribution < -0.4 is 5.46 Å². The van der Waals surface area contributed by atoms with Crippen molar-refractivity contribution >= 4 is 12.6 Å². The molecule has 1 aromatic rings. The molecule has 1 saturated heterocycles. The predicted octanol–water partition coefficient (Wildman–Crippen LogP) is 2.18. The van der Waals surface area contributed by atoms with Gasteiger partial charge in [0.2, 0.25) is 0 Å². The number of aromatic nitrogens is 1. The third-order valence-electron chi connectivity index (χ3n) is 4.23. The Morgan fingerprint density at radius 3 is 2.10 bits per heavy atom. The zero-order chi connectivity index (χ0) is 15.2. The Morgan fingerprint density at radius 1 is 1.15 bits per heavy atom. The highest BCUT2D eigenvalue weighted by atomic mass is 16.7. The second kappa shape index (κ2) is 4.58. The van der Waals surface area contributed by atoms with Gasteiger partial charge < -0.3 is 9.31 Å². The number of hydrogen-bond acceptors (Lipinski definition) is 4. The van der Waals surface area contributed by atoms with E-state index in [9.17, 15) is 0 Å². The lowest BCUT2D eigenvalue weighted by molar-refractivity contribution is 0.00578. The quantitative estimate of drug-likeness (QED) is 0.774. The second-order valence-corrected chi connectivity index (χ2v) is 6.80. The molecule has 0 amide bonds. The molecular formula is C15H21BN2O2. The summed E-state index contributed by atoms with van der Waals surface area (Å²) in [5.41, 5.74) is 0.320. The van der Waals surface area contributed by atoms with Crippen LogP contribution in [-0.2, 0) is 14.7 Å². The average Bonchev–Trinajstić information content (AvgIpc) is 2.59. The standard InChI is InChI=1S/C15H21BN2O2/c1-13(2,10-17)12-8-7-11(9-18-12)16-19-14(3,4)15(5,6)20-16/h7-9H,1-6H3. The SMILES string of the molecule is CC(C)(C#N)c1ccc(B2OC(C)(C)C(C)(C)O2)cn1. The lowest BCUT2D eigenvalue weighted by Gasteiger charge is -2.32. The number of pyridine rings is 1. The molecule has 1 aliphatic rings. The maximum atomic E-state index is 9.13. The predicted molar refractivity (Wildman–Crippen MR) is 78.6 cm³/mol. The minimum atomic E-state index is -0.589. The van der Waals surface area contributed by atoms with Crippen molar-refractivity contribution in [1.29, 1.82) is 5.26 Å². The van der Waals surface area contributed by atoms with Gasteiger partial charge in [-0.1, -0.05) is 6.07 Å². The molecule has 0 bridgehead atoms. The topological polar surface area (TPSA) is 55.1 Å². The monoisotopic (exact) mass is 272 g/mol. The van der Waals surface area contributed by atoms with Gasteiger partial charge in [-0.2, -0.15) is 5.26 Å². The molecular weight excluding hydrogens is 251 g/mol. The number of rotatable bonds is 2. The van der Waals surface area contributed by atoms with Gasteiger partial charge in [0.15, 0.2) is 0 Å². The van der Waals surface area contributed by atoms with Crippen molar-refractivity contribution in [1.82, 2.24) is 4.98 Å². The van der Waals surface area contributed by atoms with Crippen LogP contribution in [0.1, 0.15) is 47.2 Å². The van der Waals surface area contributed by atoms with Gasteiger partial charge in [-0.05, 0) is 47.6 Å². The van der Waals surface area contributed by atoms with Gasteiger partial charge in [0.25, 0.3) is 0 Å². The van der Waals surface area contributed by atoms with Crippen molar-refractivity contribution < 1.29 is 9.31 Å². The Kier molecular flexibility index (Phi) is 3.44. The van der Waals surface area contributed by atoms with Gasteiger partial charge in [-0.25, -0.2) is 0 Å². The van der Waals surface area contributed by atoms with Gasteiger partial charge >= 0.3 is 7.12 Å². The van der Waals surface area contributed by atoms with Crippen molar-refractivity contribution in [2.75, 3.05) is 0 Å². The average molecular weight is 272 g/mol. The van der Waals surface area contributed by atoms with Crippen LogP contribution in [0.3, 0.4) is 0 Å². The lowest BCUT2D eigenvalue weighted by atomic mass is 9.79. The van der Waals surface area contributed by atoms with E-state index in [1.807, 2.05) is 53.7 Å². The van der Waals surface area contributed by atoms with E-state index in [2.05, 4.69) is 11.1 Å². The molecule has 5 heteroatoms. The van der Waals surface area contributed by atoms with Crippen LogP contribution >= 0.6 is 0 Å². The molecule has 2 rings (SSSR count). The highest BCUT2D eigenvalue weighted by molar-refractivity contribution is 6.62. The van der Waals surface area contributed by atoms with E-state index >= 15 is 0 Å². The third-order valence-corrected chi connectivity index (χ3v) is 4.23. The molecule has 0 radical (unpaired) electrons. The van der Waals surface area contributed by atoms with E-state index in [0.29, 0.717) is 0 Å². The third kappa shape index (κ3) is 2.46. The summed E-state index contributed by atoms with van der Waals surface area (Å²) in [6.07, 6.45) is 1.73. The molecule has 0 saturated carbocycles. The first-order valence-electron chi connectivity index (χ1n) is 6.82. The van der Waals surface area contributed by atoms with Crippen molar-refractivity contribution in [2.24, 2.45) is 0 Å². The number of nitrogens with zero attached hydrogens (tertiary/aromatic N) is 2. The normalized spacial score (nSPS) is 20.8.